The van der Waals surface area contributed by atoms with E-state index < -0.39 is 0 Å². The van der Waals surface area contributed by atoms with E-state index in [0.717, 1.165) is 46.5 Å². The molecule has 6 heteroatoms. The Morgan fingerprint density at radius 1 is 0.833 bits per heavy atom. The first-order valence-corrected chi connectivity index (χ1v) is 9.78. The summed E-state index contributed by atoms with van der Waals surface area (Å²) in [6.45, 7) is 0. The maximum Gasteiger partial charge on any atom is 0.331 e. The van der Waals surface area contributed by atoms with E-state index in [9.17, 15) is 4.79 Å². The van der Waals surface area contributed by atoms with Crippen molar-refractivity contribution in [3.63, 3.8) is 0 Å². The molecular weight excluding hydrogens is 374 g/mol. The molecule has 0 atom stereocenters. The molecule has 5 rings (SSSR count). The second-order valence-corrected chi connectivity index (χ2v) is 7.08. The zero-order valence-electron chi connectivity index (χ0n) is 16.2. The molecule has 3 aromatic heterocycles. The van der Waals surface area contributed by atoms with Gasteiger partial charge in [0, 0.05) is 30.6 Å². The van der Waals surface area contributed by atoms with Crippen molar-refractivity contribution < 1.29 is 0 Å². The number of pyridine rings is 1. The van der Waals surface area contributed by atoms with E-state index in [0.29, 0.717) is 0 Å². The lowest BCUT2D eigenvalue weighted by molar-refractivity contribution is 0.859. The van der Waals surface area contributed by atoms with Crippen LogP contribution in [0.4, 0.5) is 0 Å². The van der Waals surface area contributed by atoms with Crippen molar-refractivity contribution in [1.29, 1.82) is 0 Å². The Morgan fingerprint density at radius 3 is 2.43 bits per heavy atom. The molecule has 0 saturated heterocycles. The van der Waals surface area contributed by atoms with Gasteiger partial charge >= 0.3 is 5.69 Å². The van der Waals surface area contributed by atoms with Crippen LogP contribution in [-0.4, -0.2) is 24.5 Å². The number of benzene rings is 2. The highest BCUT2D eigenvalue weighted by Gasteiger charge is 2.11. The lowest BCUT2D eigenvalue weighted by Gasteiger charge is -2.06. The van der Waals surface area contributed by atoms with Crippen molar-refractivity contribution in [3.05, 3.63) is 107 Å². The first-order valence-electron chi connectivity index (χ1n) is 9.78. The molecule has 0 spiro atoms. The van der Waals surface area contributed by atoms with Crippen LogP contribution in [0.5, 0.6) is 0 Å². The maximum absolute atomic E-state index is 12.5. The molecule has 0 aliphatic heterocycles. The average molecular weight is 393 g/mol. The van der Waals surface area contributed by atoms with Crippen molar-refractivity contribution in [3.8, 4) is 16.8 Å². The Kier molecular flexibility index (Phi) is 4.65. The van der Waals surface area contributed by atoms with Gasteiger partial charge in [-0.15, -0.1) is 0 Å². The van der Waals surface area contributed by atoms with E-state index in [2.05, 4.69) is 32.1 Å². The minimum absolute atomic E-state index is 0.192. The third-order valence-corrected chi connectivity index (χ3v) is 5.11. The number of aromatic amines is 1. The Labute approximate surface area is 172 Å². The van der Waals surface area contributed by atoms with E-state index in [4.69, 9.17) is 0 Å². The summed E-state index contributed by atoms with van der Waals surface area (Å²) in [5.41, 5.74) is 5.23. The Morgan fingerprint density at radius 2 is 1.67 bits per heavy atom. The number of nitrogens with zero attached hydrogens (tertiary/aromatic N) is 4. The first kappa shape index (κ1) is 18.0. The fourth-order valence-corrected chi connectivity index (χ4v) is 3.56. The number of H-pyrrole nitrogens is 1. The SMILES string of the molecule is O=c1[nH]c2ccc(-c3cnc(CCc4ccccc4)nc3)cc2n1-c1cccnc1. The van der Waals surface area contributed by atoms with Crippen LogP contribution >= 0.6 is 0 Å². The Bertz CT molecular complexity index is 1340. The quantitative estimate of drug-likeness (QED) is 0.490. The molecule has 0 bridgehead atoms. The molecular formula is C24H19N5O. The van der Waals surface area contributed by atoms with Gasteiger partial charge in [0.2, 0.25) is 0 Å². The van der Waals surface area contributed by atoms with Crippen LogP contribution in [0.25, 0.3) is 27.8 Å². The molecule has 0 aliphatic rings. The highest BCUT2D eigenvalue weighted by Crippen LogP contribution is 2.23. The maximum atomic E-state index is 12.5. The first-order chi connectivity index (χ1) is 14.8. The summed E-state index contributed by atoms with van der Waals surface area (Å²) in [4.78, 5) is 28.6. The minimum atomic E-state index is -0.192. The largest absolute Gasteiger partial charge is 0.331 e. The number of aryl methyl sites for hydroxylation is 2. The van der Waals surface area contributed by atoms with Crippen molar-refractivity contribution in [2.75, 3.05) is 0 Å². The standard InChI is InChI=1S/C24H19N5O/c30-24-28-21-10-9-18(13-22(21)29(24)20-7-4-12-25-16-20)19-14-26-23(27-15-19)11-8-17-5-2-1-3-6-17/h1-7,9-10,12-16H,8,11H2,(H,28,30). The van der Waals surface area contributed by atoms with Crippen LogP contribution in [0.1, 0.15) is 11.4 Å². The second kappa shape index (κ2) is 7.75. The minimum Gasteiger partial charge on any atom is -0.305 e. The molecule has 0 aliphatic carbocycles. The summed E-state index contributed by atoms with van der Waals surface area (Å²) in [6.07, 6.45) is 8.74. The lowest BCUT2D eigenvalue weighted by atomic mass is 10.1. The predicted molar refractivity (Wildman–Crippen MR) is 117 cm³/mol. The van der Waals surface area contributed by atoms with Crippen molar-refractivity contribution >= 4 is 11.0 Å². The highest BCUT2D eigenvalue weighted by molar-refractivity contribution is 5.83. The number of fused-ring (bicyclic) bond motifs is 1. The number of nitrogens with one attached hydrogen (secondary N) is 1. The number of aromatic nitrogens is 5. The van der Waals surface area contributed by atoms with Crippen LogP contribution in [-0.2, 0) is 12.8 Å². The van der Waals surface area contributed by atoms with Gasteiger partial charge < -0.3 is 4.98 Å². The van der Waals surface area contributed by atoms with Gasteiger partial charge in [-0.25, -0.2) is 14.8 Å². The summed E-state index contributed by atoms with van der Waals surface area (Å²) < 4.78 is 1.63. The van der Waals surface area contributed by atoms with Gasteiger partial charge in [0.05, 0.1) is 22.9 Å². The van der Waals surface area contributed by atoms with Crippen molar-refractivity contribution in [2.24, 2.45) is 0 Å². The van der Waals surface area contributed by atoms with Gasteiger partial charge in [-0.05, 0) is 41.8 Å². The van der Waals surface area contributed by atoms with E-state index in [1.165, 1.54) is 5.56 Å². The van der Waals surface area contributed by atoms with E-state index in [1.54, 1.807) is 17.0 Å². The lowest BCUT2D eigenvalue weighted by Crippen LogP contribution is -2.14. The van der Waals surface area contributed by atoms with Crippen LogP contribution in [0.2, 0.25) is 0 Å². The van der Waals surface area contributed by atoms with Gasteiger partial charge in [-0.3, -0.25) is 9.55 Å². The third kappa shape index (κ3) is 3.51. The molecule has 0 saturated carbocycles. The summed E-state index contributed by atoms with van der Waals surface area (Å²) in [6, 6.07) is 19.8. The van der Waals surface area contributed by atoms with Crippen molar-refractivity contribution in [1.82, 2.24) is 24.5 Å². The van der Waals surface area contributed by atoms with Gasteiger partial charge in [0.15, 0.2) is 0 Å². The molecule has 2 aromatic carbocycles. The summed E-state index contributed by atoms with van der Waals surface area (Å²) in [7, 11) is 0. The molecule has 0 amide bonds. The third-order valence-electron chi connectivity index (χ3n) is 5.11. The molecule has 6 nitrogen and oxygen atoms in total. The molecule has 0 unspecified atom stereocenters. The molecule has 30 heavy (non-hydrogen) atoms. The van der Waals surface area contributed by atoms with Gasteiger partial charge in [-0.1, -0.05) is 36.4 Å². The van der Waals surface area contributed by atoms with Crippen molar-refractivity contribution in [2.45, 2.75) is 12.8 Å². The smallest absolute Gasteiger partial charge is 0.305 e. The normalized spacial score (nSPS) is 11.1. The molecule has 0 fully saturated rings. The average Bonchev–Trinajstić information content (AvgIpc) is 3.14. The van der Waals surface area contributed by atoms with E-state index >= 15 is 0 Å². The van der Waals surface area contributed by atoms with E-state index in [1.807, 2.05) is 60.9 Å². The van der Waals surface area contributed by atoms with Crippen LogP contribution < -0.4 is 5.69 Å². The van der Waals surface area contributed by atoms with Crippen LogP contribution in [0, 0.1) is 0 Å². The number of hydrogen-bond acceptors (Lipinski definition) is 4. The fraction of sp³-hybridized carbons (Fsp3) is 0.0833. The molecule has 3 heterocycles. The zero-order chi connectivity index (χ0) is 20.3. The van der Waals surface area contributed by atoms with Gasteiger partial charge in [0.1, 0.15) is 5.82 Å². The zero-order valence-corrected chi connectivity index (χ0v) is 16.2. The Hall–Kier alpha value is -4.06. The van der Waals surface area contributed by atoms with Crippen LogP contribution in [0.3, 0.4) is 0 Å². The summed E-state index contributed by atoms with van der Waals surface area (Å²) in [5, 5.41) is 0. The highest BCUT2D eigenvalue weighted by atomic mass is 16.1. The monoisotopic (exact) mass is 393 g/mol. The summed E-state index contributed by atoms with van der Waals surface area (Å²) >= 11 is 0. The van der Waals surface area contributed by atoms with Gasteiger partial charge in [0.25, 0.3) is 0 Å². The molecule has 5 aromatic rings. The van der Waals surface area contributed by atoms with Crippen LogP contribution in [0.15, 0.2) is 90.2 Å². The Balaban J connectivity index is 1.44. The molecule has 0 radical (unpaired) electrons. The second-order valence-electron chi connectivity index (χ2n) is 7.08. The number of imidazole rings is 1. The van der Waals surface area contributed by atoms with E-state index in [-0.39, 0.29) is 5.69 Å². The predicted octanol–water partition coefficient (Wildman–Crippen LogP) is 3.96. The molecule has 146 valence electrons. The number of hydrogen-bond donors (Lipinski definition) is 1. The fourth-order valence-electron chi connectivity index (χ4n) is 3.56. The van der Waals surface area contributed by atoms with Gasteiger partial charge in [-0.2, -0.15) is 0 Å². The topological polar surface area (TPSA) is 76.5 Å². The molecule has 1 N–H and O–H groups in total. The summed E-state index contributed by atoms with van der Waals surface area (Å²) in [5.74, 6) is 0.817. The number of rotatable bonds is 5.